The molecule has 2 rings (SSSR count). The molecule has 122 valence electrons. The van der Waals surface area contributed by atoms with Gasteiger partial charge in [0, 0.05) is 6.07 Å². The van der Waals surface area contributed by atoms with Crippen LogP contribution < -0.4 is 15.4 Å². The van der Waals surface area contributed by atoms with E-state index in [1.54, 1.807) is 6.92 Å². The normalized spacial score (nSPS) is 17.0. The number of hydrogen-bond acceptors (Lipinski definition) is 3. The molecule has 22 heavy (non-hydrogen) atoms. The third kappa shape index (κ3) is 4.03. The lowest BCUT2D eigenvalue weighted by Crippen LogP contribution is -2.52. The molecule has 5 nitrogen and oxygen atoms in total. The highest BCUT2D eigenvalue weighted by molar-refractivity contribution is 5.91. The molecule has 0 unspecified atom stereocenters. The molecular formula is C14H17F3N2O3. The van der Waals surface area contributed by atoms with E-state index in [0.717, 1.165) is 31.0 Å². The summed E-state index contributed by atoms with van der Waals surface area (Å²) < 4.78 is 41.9. The van der Waals surface area contributed by atoms with Crippen molar-refractivity contribution in [3.63, 3.8) is 0 Å². The molecule has 1 atom stereocenters. The van der Waals surface area contributed by atoms with Gasteiger partial charge in [-0.15, -0.1) is 0 Å². The second-order valence-electron chi connectivity index (χ2n) is 5.45. The maximum Gasteiger partial charge on any atom is 0.387 e. The summed E-state index contributed by atoms with van der Waals surface area (Å²) in [6.45, 7) is -1.68. The summed E-state index contributed by atoms with van der Waals surface area (Å²) >= 11 is 0. The van der Waals surface area contributed by atoms with E-state index < -0.39 is 29.7 Å². The van der Waals surface area contributed by atoms with Crippen molar-refractivity contribution >= 4 is 11.7 Å². The Morgan fingerprint density at radius 2 is 2.18 bits per heavy atom. The van der Waals surface area contributed by atoms with Crippen molar-refractivity contribution in [2.75, 3.05) is 11.9 Å². The number of ether oxygens (including phenoxy) is 1. The molecule has 3 N–H and O–H groups in total. The van der Waals surface area contributed by atoms with Gasteiger partial charge in [0.05, 0.1) is 17.8 Å². The smallest absolute Gasteiger partial charge is 0.387 e. The van der Waals surface area contributed by atoms with Crippen LogP contribution in [-0.4, -0.2) is 29.9 Å². The van der Waals surface area contributed by atoms with Crippen molar-refractivity contribution in [2.45, 2.75) is 31.9 Å². The Hall–Kier alpha value is -1.96. The van der Waals surface area contributed by atoms with Gasteiger partial charge in [0.25, 0.3) is 0 Å². The number of hydrogen-bond donors (Lipinski definition) is 3. The summed E-state index contributed by atoms with van der Waals surface area (Å²) in [7, 11) is 0. The first-order chi connectivity index (χ1) is 10.3. The van der Waals surface area contributed by atoms with E-state index in [4.69, 9.17) is 0 Å². The van der Waals surface area contributed by atoms with Crippen molar-refractivity contribution < 1.29 is 27.8 Å². The van der Waals surface area contributed by atoms with Crippen molar-refractivity contribution in [2.24, 2.45) is 5.92 Å². The monoisotopic (exact) mass is 318 g/mol. The van der Waals surface area contributed by atoms with Gasteiger partial charge in [-0.1, -0.05) is 0 Å². The zero-order valence-corrected chi connectivity index (χ0v) is 11.9. The van der Waals surface area contributed by atoms with Crippen LogP contribution in [0.4, 0.5) is 23.7 Å². The maximum absolute atomic E-state index is 13.1. The highest BCUT2D eigenvalue weighted by atomic mass is 19.3. The number of benzene rings is 1. The third-order valence-electron chi connectivity index (χ3n) is 3.61. The largest absolute Gasteiger partial charge is 0.432 e. The molecule has 2 amide bonds. The molecule has 0 saturated heterocycles. The summed E-state index contributed by atoms with van der Waals surface area (Å²) in [6, 6.07) is 2.21. The number of aliphatic hydroxyl groups is 1. The third-order valence-corrected chi connectivity index (χ3v) is 3.61. The number of amides is 2. The second kappa shape index (κ2) is 6.43. The topological polar surface area (TPSA) is 70.6 Å². The summed E-state index contributed by atoms with van der Waals surface area (Å²) in [4.78, 5) is 12.0. The van der Waals surface area contributed by atoms with Crippen LogP contribution in [0, 0.1) is 11.7 Å². The molecule has 1 saturated carbocycles. The van der Waals surface area contributed by atoms with E-state index in [1.807, 2.05) is 0 Å². The van der Waals surface area contributed by atoms with Crippen molar-refractivity contribution in [1.29, 1.82) is 0 Å². The fourth-order valence-corrected chi connectivity index (χ4v) is 2.20. The molecular weight excluding hydrogens is 301 g/mol. The van der Waals surface area contributed by atoms with E-state index in [-0.39, 0.29) is 18.2 Å². The number of nitrogens with one attached hydrogen (secondary N) is 2. The summed E-state index contributed by atoms with van der Waals surface area (Å²) in [5.74, 6) is -1.06. The average Bonchev–Trinajstić information content (AvgIpc) is 3.26. The lowest BCUT2D eigenvalue weighted by atomic mass is 9.97. The fourth-order valence-electron chi connectivity index (χ4n) is 2.20. The van der Waals surface area contributed by atoms with E-state index in [2.05, 4.69) is 15.4 Å². The van der Waals surface area contributed by atoms with Crippen LogP contribution in [-0.2, 0) is 0 Å². The van der Waals surface area contributed by atoms with Crippen LogP contribution in [0.25, 0.3) is 0 Å². The fraction of sp³-hybridized carbons (Fsp3) is 0.500. The summed E-state index contributed by atoms with van der Waals surface area (Å²) in [6.07, 6.45) is 1.79. The molecule has 8 heteroatoms. The molecule has 0 radical (unpaired) electrons. The first-order valence-corrected chi connectivity index (χ1v) is 6.78. The number of alkyl halides is 2. The van der Waals surface area contributed by atoms with Gasteiger partial charge >= 0.3 is 12.6 Å². The number of urea groups is 1. The molecule has 1 fully saturated rings. The Morgan fingerprint density at radius 1 is 1.50 bits per heavy atom. The summed E-state index contributed by atoms with van der Waals surface area (Å²) in [5, 5.41) is 14.3. The Bertz CT molecular complexity index is 552. The van der Waals surface area contributed by atoms with Crippen LogP contribution in [0.15, 0.2) is 18.2 Å². The van der Waals surface area contributed by atoms with E-state index in [1.165, 1.54) is 0 Å². The van der Waals surface area contributed by atoms with Gasteiger partial charge in [-0.05, 0) is 37.8 Å². The van der Waals surface area contributed by atoms with Crippen molar-refractivity contribution in [1.82, 2.24) is 5.32 Å². The highest BCUT2D eigenvalue weighted by Gasteiger charge is 2.42. The van der Waals surface area contributed by atoms with E-state index in [0.29, 0.717) is 0 Å². The number of aliphatic hydroxyl groups excluding tert-OH is 1. The minimum atomic E-state index is -3.14. The lowest BCUT2D eigenvalue weighted by Gasteiger charge is -2.28. The Labute approximate surface area is 125 Å². The van der Waals surface area contributed by atoms with Gasteiger partial charge in [0.2, 0.25) is 0 Å². The van der Waals surface area contributed by atoms with Crippen LogP contribution in [0.5, 0.6) is 5.75 Å². The van der Waals surface area contributed by atoms with Gasteiger partial charge in [-0.25, -0.2) is 9.18 Å². The zero-order valence-electron chi connectivity index (χ0n) is 11.9. The minimum Gasteiger partial charge on any atom is -0.432 e. The van der Waals surface area contributed by atoms with Crippen LogP contribution in [0.1, 0.15) is 19.8 Å². The van der Waals surface area contributed by atoms with Gasteiger partial charge in [-0.2, -0.15) is 8.78 Å². The molecule has 1 aliphatic carbocycles. The Morgan fingerprint density at radius 3 is 2.73 bits per heavy atom. The van der Waals surface area contributed by atoms with Gasteiger partial charge in [0.15, 0.2) is 5.75 Å². The molecule has 0 heterocycles. The highest BCUT2D eigenvalue weighted by Crippen LogP contribution is 2.39. The SMILES string of the molecule is C[C@@](CO)(NC(=O)Nc1ccc(F)cc1OC(F)F)C1CC1. The zero-order chi connectivity index (χ0) is 16.3. The van der Waals surface area contributed by atoms with E-state index in [9.17, 15) is 23.1 Å². The molecule has 0 aliphatic heterocycles. The number of rotatable bonds is 6. The van der Waals surface area contributed by atoms with Crippen LogP contribution in [0.3, 0.4) is 0 Å². The number of anilines is 1. The molecule has 0 bridgehead atoms. The standard InChI is InChI=1S/C14H17F3N2O3/c1-14(7-20,8-2-3-8)19-13(21)18-10-5-4-9(15)6-11(10)22-12(16)17/h4-6,8,12,20H,2-3,7H2,1H3,(H2,18,19,21)/t14-/m0/s1. The first kappa shape index (κ1) is 16.4. The summed E-state index contributed by atoms with van der Waals surface area (Å²) in [5.41, 5.74) is -0.872. The first-order valence-electron chi connectivity index (χ1n) is 6.78. The van der Waals surface area contributed by atoms with Crippen LogP contribution >= 0.6 is 0 Å². The lowest BCUT2D eigenvalue weighted by molar-refractivity contribution is -0.0495. The maximum atomic E-state index is 13.1. The molecule has 0 aromatic heterocycles. The average molecular weight is 318 g/mol. The quantitative estimate of drug-likeness (QED) is 0.755. The van der Waals surface area contributed by atoms with Crippen molar-refractivity contribution in [3.05, 3.63) is 24.0 Å². The molecule has 1 aromatic carbocycles. The predicted molar refractivity (Wildman–Crippen MR) is 73.4 cm³/mol. The molecule has 0 spiro atoms. The van der Waals surface area contributed by atoms with Crippen molar-refractivity contribution in [3.8, 4) is 5.75 Å². The molecule has 1 aromatic rings. The van der Waals surface area contributed by atoms with Gasteiger partial charge in [-0.3, -0.25) is 0 Å². The minimum absolute atomic E-state index is 0.0877. The van der Waals surface area contributed by atoms with Gasteiger partial charge < -0.3 is 20.5 Å². The number of halogens is 3. The van der Waals surface area contributed by atoms with Crippen LogP contribution in [0.2, 0.25) is 0 Å². The predicted octanol–water partition coefficient (Wildman–Crippen LogP) is 2.71. The Balaban J connectivity index is 2.07. The Kier molecular flexibility index (Phi) is 4.80. The second-order valence-corrected chi connectivity index (χ2v) is 5.45. The number of carbonyl (C=O) groups is 1. The molecule has 1 aliphatic rings. The number of carbonyl (C=O) groups excluding carboxylic acids is 1. The van der Waals surface area contributed by atoms with E-state index >= 15 is 0 Å². The van der Waals surface area contributed by atoms with Gasteiger partial charge in [0.1, 0.15) is 5.82 Å².